The molecule has 1 N–H and O–H groups in total. The van der Waals surface area contributed by atoms with E-state index in [2.05, 4.69) is 5.32 Å². The van der Waals surface area contributed by atoms with Gasteiger partial charge in [0.25, 0.3) is 11.6 Å². The molecule has 142 valence electrons. The van der Waals surface area contributed by atoms with Crippen LogP contribution in [0.1, 0.15) is 11.1 Å². The number of aryl methyl sites for hydroxylation is 1. The summed E-state index contributed by atoms with van der Waals surface area (Å²) >= 11 is 5.71. The van der Waals surface area contributed by atoms with Crippen LogP contribution in [0.5, 0.6) is 5.75 Å². The van der Waals surface area contributed by atoms with Gasteiger partial charge in [-0.3, -0.25) is 14.9 Å². The summed E-state index contributed by atoms with van der Waals surface area (Å²) in [6.45, 7) is 2.82. The molecule has 2 aromatic rings. The second-order valence-electron chi connectivity index (χ2n) is 5.61. The fraction of sp³-hybridized carbons (Fsp3) is 0.222. The Morgan fingerprint density at radius 1 is 1.19 bits per heavy atom. The number of nitrogens with zero attached hydrogens (tertiary/aromatic N) is 1. The number of amides is 1. The molecule has 0 bridgehead atoms. The van der Waals surface area contributed by atoms with E-state index in [1.54, 1.807) is 12.1 Å². The van der Waals surface area contributed by atoms with Crippen molar-refractivity contribution in [1.29, 1.82) is 0 Å². The van der Waals surface area contributed by atoms with Gasteiger partial charge in [0, 0.05) is 11.1 Å². The van der Waals surface area contributed by atoms with Crippen LogP contribution in [0.2, 0.25) is 5.02 Å². The van der Waals surface area contributed by atoms with Gasteiger partial charge in [-0.15, -0.1) is 0 Å². The van der Waals surface area contributed by atoms with E-state index in [1.807, 2.05) is 19.9 Å². The normalized spacial score (nSPS) is 10.2. The highest BCUT2D eigenvalue weighted by Gasteiger charge is 2.17. The van der Waals surface area contributed by atoms with Gasteiger partial charge in [-0.05, 0) is 43.2 Å². The first-order valence-electron chi connectivity index (χ1n) is 7.86. The van der Waals surface area contributed by atoms with Crippen molar-refractivity contribution < 1.29 is 24.0 Å². The monoisotopic (exact) mass is 392 g/mol. The van der Waals surface area contributed by atoms with Crippen molar-refractivity contribution in [3.63, 3.8) is 0 Å². The van der Waals surface area contributed by atoms with Crippen LogP contribution in [0.25, 0.3) is 0 Å². The van der Waals surface area contributed by atoms with Crippen molar-refractivity contribution in [3.8, 4) is 5.75 Å². The number of nitro benzene ring substituents is 1. The fourth-order valence-electron chi connectivity index (χ4n) is 2.15. The Labute approximate surface area is 160 Å². The minimum Gasteiger partial charge on any atom is -0.482 e. The fourth-order valence-corrected chi connectivity index (χ4v) is 2.32. The molecule has 0 saturated heterocycles. The Hall–Kier alpha value is -3.13. The minimum atomic E-state index is -0.739. The van der Waals surface area contributed by atoms with Crippen molar-refractivity contribution in [1.82, 2.24) is 0 Å². The summed E-state index contributed by atoms with van der Waals surface area (Å²) in [6.07, 6.45) is 0. The summed E-state index contributed by atoms with van der Waals surface area (Å²) in [5.41, 5.74) is 1.51. The third-order valence-corrected chi connectivity index (χ3v) is 3.93. The van der Waals surface area contributed by atoms with Crippen molar-refractivity contribution in [2.24, 2.45) is 0 Å². The van der Waals surface area contributed by atoms with Gasteiger partial charge in [-0.25, -0.2) is 4.79 Å². The lowest BCUT2D eigenvalue weighted by atomic mass is 10.1. The smallest absolute Gasteiger partial charge is 0.344 e. The van der Waals surface area contributed by atoms with Crippen LogP contribution in [0, 0.1) is 24.0 Å². The maximum atomic E-state index is 11.9. The van der Waals surface area contributed by atoms with Gasteiger partial charge < -0.3 is 14.8 Å². The SMILES string of the molecule is Cc1cccc(OCC(=O)OCC(=O)Nc2ccc(Cl)cc2[N+](=O)[O-])c1C. The van der Waals surface area contributed by atoms with E-state index < -0.39 is 23.4 Å². The number of nitrogens with one attached hydrogen (secondary N) is 1. The molecule has 0 aromatic heterocycles. The summed E-state index contributed by atoms with van der Waals surface area (Å²) in [4.78, 5) is 33.9. The molecule has 9 heteroatoms. The number of nitro groups is 1. The lowest BCUT2D eigenvalue weighted by Crippen LogP contribution is -2.24. The average Bonchev–Trinajstić information content (AvgIpc) is 2.62. The van der Waals surface area contributed by atoms with Crippen LogP contribution >= 0.6 is 11.6 Å². The second kappa shape index (κ2) is 9.00. The zero-order valence-corrected chi connectivity index (χ0v) is 15.4. The van der Waals surface area contributed by atoms with E-state index in [4.69, 9.17) is 21.1 Å². The number of anilines is 1. The molecule has 0 heterocycles. The highest BCUT2D eigenvalue weighted by atomic mass is 35.5. The predicted molar refractivity (Wildman–Crippen MR) is 99.1 cm³/mol. The number of carbonyl (C=O) groups is 2. The first kappa shape index (κ1) is 20.2. The van der Waals surface area contributed by atoms with Gasteiger partial charge in [0.1, 0.15) is 11.4 Å². The van der Waals surface area contributed by atoms with Gasteiger partial charge >= 0.3 is 5.97 Å². The van der Waals surface area contributed by atoms with Crippen LogP contribution in [-0.4, -0.2) is 30.0 Å². The Kier molecular flexibility index (Phi) is 6.73. The molecular weight excluding hydrogens is 376 g/mol. The average molecular weight is 393 g/mol. The molecule has 2 rings (SSSR count). The highest BCUT2D eigenvalue weighted by Crippen LogP contribution is 2.27. The zero-order valence-electron chi connectivity index (χ0n) is 14.7. The molecular formula is C18H17ClN2O6. The molecule has 0 radical (unpaired) electrons. The molecule has 0 aliphatic carbocycles. The van der Waals surface area contributed by atoms with Gasteiger partial charge in [-0.1, -0.05) is 23.7 Å². The number of halogens is 1. The number of esters is 1. The van der Waals surface area contributed by atoms with E-state index in [1.165, 1.54) is 12.1 Å². The lowest BCUT2D eigenvalue weighted by molar-refractivity contribution is -0.383. The quantitative estimate of drug-likeness (QED) is 0.439. The second-order valence-corrected chi connectivity index (χ2v) is 6.05. The largest absolute Gasteiger partial charge is 0.482 e. The maximum Gasteiger partial charge on any atom is 0.344 e. The summed E-state index contributed by atoms with van der Waals surface area (Å²) < 4.78 is 10.2. The topological polar surface area (TPSA) is 108 Å². The summed E-state index contributed by atoms with van der Waals surface area (Å²) in [5.74, 6) is -0.912. The number of rotatable bonds is 7. The number of ether oxygens (including phenoxy) is 2. The van der Waals surface area contributed by atoms with Crippen LogP contribution in [0.4, 0.5) is 11.4 Å². The van der Waals surface area contributed by atoms with E-state index in [0.717, 1.165) is 17.2 Å². The Morgan fingerprint density at radius 2 is 1.93 bits per heavy atom. The minimum absolute atomic E-state index is 0.0444. The molecule has 0 unspecified atom stereocenters. The molecule has 0 atom stereocenters. The van der Waals surface area contributed by atoms with E-state index in [0.29, 0.717) is 5.75 Å². The number of carbonyl (C=O) groups excluding carboxylic acids is 2. The van der Waals surface area contributed by atoms with Crippen molar-refractivity contribution in [2.45, 2.75) is 13.8 Å². The molecule has 27 heavy (non-hydrogen) atoms. The first-order valence-corrected chi connectivity index (χ1v) is 8.24. The number of hydrogen-bond acceptors (Lipinski definition) is 6. The summed E-state index contributed by atoms with van der Waals surface area (Å²) in [5, 5.41) is 13.5. The van der Waals surface area contributed by atoms with Gasteiger partial charge in [0.05, 0.1) is 4.92 Å². The van der Waals surface area contributed by atoms with E-state index in [-0.39, 0.29) is 23.0 Å². The molecule has 1 amide bonds. The Bertz CT molecular complexity index is 884. The van der Waals surface area contributed by atoms with Crippen molar-refractivity contribution >= 4 is 34.9 Å². The molecule has 2 aromatic carbocycles. The molecule has 0 aliphatic rings. The van der Waals surface area contributed by atoms with Gasteiger partial charge in [-0.2, -0.15) is 0 Å². The molecule has 0 fully saturated rings. The molecule has 0 spiro atoms. The van der Waals surface area contributed by atoms with Crippen LogP contribution in [0.15, 0.2) is 36.4 Å². The lowest BCUT2D eigenvalue weighted by Gasteiger charge is -2.11. The molecule has 0 saturated carbocycles. The molecule has 0 aliphatic heterocycles. The summed E-state index contributed by atoms with van der Waals surface area (Å²) in [6, 6.07) is 9.25. The van der Waals surface area contributed by atoms with Crippen molar-refractivity contribution in [3.05, 3.63) is 62.7 Å². The molecule has 8 nitrogen and oxygen atoms in total. The van der Waals surface area contributed by atoms with E-state index >= 15 is 0 Å². The Morgan fingerprint density at radius 3 is 2.63 bits per heavy atom. The van der Waals surface area contributed by atoms with Crippen LogP contribution in [0.3, 0.4) is 0 Å². The van der Waals surface area contributed by atoms with E-state index in [9.17, 15) is 19.7 Å². The standard InChI is InChI=1S/C18H17ClN2O6/c1-11-4-3-5-16(12(11)2)26-10-18(23)27-9-17(22)20-14-7-6-13(19)8-15(14)21(24)25/h3-8H,9-10H2,1-2H3,(H,20,22). The maximum absolute atomic E-state index is 11.9. The third-order valence-electron chi connectivity index (χ3n) is 3.70. The third kappa shape index (κ3) is 5.68. The van der Waals surface area contributed by atoms with Crippen molar-refractivity contribution in [2.75, 3.05) is 18.5 Å². The highest BCUT2D eigenvalue weighted by molar-refractivity contribution is 6.31. The number of benzene rings is 2. The Balaban J connectivity index is 1.86. The first-order chi connectivity index (χ1) is 12.8. The van der Waals surface area contributed by atoms with Gasteiger partial charge in [0.2, 0.25) is 0 Å². The van der Waals surface area contributed by atoms with Crippen LogP contribution in [-0.2, 0) is 14.3 Å². The predicted octanol–water partition coefficient (Wildman–Crippen LogP) is 3.43. The zero-order chi connectivity index (χ0) is 20.0. The van der Waals surface area contributed by atoms with Gasteiger partial charge in [0.15, 0.2) is 13.2 Å². The van der Waals surface area contributed by atoms with Crippen LogP contribution < -0.4 is 10.1 Å². The summed E-state index contributed by atoms with van der Waals surface area (Å²) in [7, 11) is 0. The number of hydrogen-bond donors (Lipinski definition) is 1.